The molecule has 0 saturated carbocycles. The third kappa shape index (κ3) is 2.54. The number of allylic oxidation sites excluding steroid dienone is 1. The summed E-state index contributed by atoms with van der Waals surface area (Å²) in [6.07, 6.45) is 0. The number of hydrogen-bond donors (Lipinski definition) is 0. The molecule has 0 aliphatic heterocycles. The molecule has 0 aliphatic carbocycles. The molecule has 0 fully saturated rings. The molecule has 19 heavy (non-hydrogen) atoms. The highest BCUT2D eigenvalue weighted by Crippen LogP contribution is 2.20. The van der Waals surface area contributed by atoms with Gasteiger partial charge in [-0.15, -0.1) is 12.1 Å². The molecule has 3 nitrogen and oxygen atoms in total. The van der Waals surface area contributed by atoms with Crippen molar-refractivity contribution in [3.63, 3.8) is 0 Å². The van der Waals surface area contributed by atoms with Crippen LogP contribution in [-0.2, 0) is 6.54 Å². The third-order valence-electron chi connectivity index (χ3n) is 2.84. The van der Waals surface area contributed by atoms with Crippen LogP contribution in [0.2, 0.25) is 0 Å². The first-order chi connectivity index (χ1) is 8.80. The van der Waals surface area contributed by atoms with Crippen molar-refractivity contribution < 1.29 is 12.9 Å². The lowest BCUT2D eigenvalue weighted by atomic mass is 9.80. The van der Waals surface area contributed by atoms with E-state index >= 15 is 0 Å². The van der Waals surface area contributed by atoms with Crippen LogP contribution in [0.5, 0.6) is 0 Å². The van der Waals surface area contributed by atoms with Crippen molar-refractivity contribution in [3.05, 3.63) is 52.4 Å². The van der Waals surface area contributed by atoms with Gasteiger partial charge in [0.25, 0.3) is 5.56 Å². The molecule has 0 radical (unpaired) electrons. The third-order valence-corrected chi connectivity index (χ3v) is 2.84. The smallest absolute Gasteiger partial charge is 0.445 e. The minimum Gasteiger partial charge on any atom is -0.445 e. The van der Waals surface area contributed by atoms with Gasteiger partial charge in [-0.1, -0.05) is 12.1 Å². The van der Waals surface area contributed by atoms with Crippen LogP contribution in [0, 0.1) is 6.92 Å². The van der Waals surface area contributed by atoms with Crippen molar-refractivity contribution in [1.29, 1.82) is 0 Å². The summed E-state index contributed by atoms with van der Waals surface area (Å²) in [6, 6.07) is 6.59. The van der Waals surface area contributed by atoms with E-state index in [0.29, 0.717) is 11.0 Å². The molecule has 100 valence electrons. The van der Waals surface area contributed by atoms with E-state index in [4.69, 9.17) is 0 Å². The van der Waals surface area contributed by atoms with Gasteiger partial charge in [0.2, 0.25) is 0 Å². The Balaban J connectivity index is 2.62. The molecule has 0 N–H and O–H groups in total. The summed E-state index contributed by atoms with van der Waals surface area (Å²) in [4.78, 5) is 16.0. The highest BCUT2D eigenvalue weighted by molar-refractivity contribution is 6.66. The van der Waals surface area contributed by atoms with Crippen LogP contribution in [0.4, 0.5) is 12.9 Å². The quantitative estimate of drug-likeness (QED) is 0.801. The predicted octanol–water partition coefficient (Wildman–Crippen LogP) is 2.65. The molecule has 0 bridgehead atoms. The van der Waals surface area contributed by atoms with Crippen LogP contribution in [0.1, 0.15) is 5.69 Å². The second-order valence-electron chi connectivity index (χ2n) is 4.31. The fourth-order valence-electron chi connectivity index (χ4n) is 1.78. The van der Waals surface area contributed by atoms with E-state index in [-0.39, 0.29) is 5.69 Å². The van der Waals surface area contributed by atoms with Gasteiger partial charge in [-0.05, 0) is 19.1 Å². The SMILES string of the molecule is C=C(Cn1c(=O)c(C)nc2ccccc21)[B-](F)(F)F. The van der Waals surface area contributed by atoms with E-state index in [2.05, 4.69) is 11.6 Å². The first-order valence-electron chi connectivity index (χ1n) is 5.64. The number of aromatic nitrogens is 2. The zero-order chi connectivity index (χ0) is 14.2. The Hall–Kier alpha value is -2.05. The Kier molecular flexibility index (Phi) is 3.22. The molecular weight excluding hydrogens is 256 g/mol. The van der Waals surface area contributed by atoms with Crippen molar-refractivity contribution >= 4 is 18.0 Å². The average molecular weight is 267 g/mol. The Labute approximate surface area is 107 Å². The van der Waals surface area contributed by atoms with Crippen LogP contribution in [0.3, 0.4) is 0 Å². The van der Waals surface area contributed by atoms with E-state index < -0.39 is 24.6 Å². The van der Waals surface area contributed by atoms with Crippen LogP contribution >= 0.6 is 0 Å². The lowest BCUT2D eigenvalue weighted by Crippen LogP contribution is -2.30. The number of hydrogen-bond acceptors (Lipinski definition) is 2. The highest BCUT2D eigenvalue weighted by Gasteiger charge is 2.27. The molecule has 7 heteroatoms. The van der Waals surface area contributed by atoms with E-state index in [0.717, 1.165) is 4.57 Å². The topological polar surface area (TPSA) is 34.9 Å². The number of para-hydroxylation sites is 2. The summed E-state index contributed by atoms with van der Waals surface area (Å²) in [7, 11) is 0. The molecular formula is C12H11BF3N2O-. The maximum Gasteiger partial charge on any atom is 0.506 e. The Morgan fingerprint density at radius 2 is 2.00 bits per heavy atom. The van der Waals surface area contributed by atoms with Gasteiger partial charge in [0.15, 0.2) is 0 Å². The number of halogens is 3. The van der Waals surface area contributed by atoms with Gasteiger partial charge in [0.1, 0.15) is 5.69 Å². The Morgan fingerprint density at radius 3 is 2.63 bits per heavy atom. The molecule has 1 aromatic heterocycles. The van der Waals surface area contributed by atoms with E-state index in [1.165, 1.54) is 6.92 Å². The molecule has 0 atom stereocenters. The molecule has 2 rings (SSSR count). The van der Waals surface area contributed by atoms with Gasteiger partial charge in [-0.3, -0.25) is 4.79 Å². The first-order valence-corrected chi connectivity index (χ1v) is 5.64. The highest BCUT2D eigenvalue weighted by atomic mass is 19.4. The van der Waals surface area contributed by atoms with Crippen molar-refractivity contribution in [2.45, 2.75) is 13.5 Å². The first kappa shape index (κ1) is 13.4. The molecule has 1 heterocycles. The van der Waals surface area contributed by atoms with Crippen LogP contribution in [-0.4, -0.2) is 16.5 Å². The van der Waals surface area contributed by atoms with Crippen molar-refractivity contribution in [2.75, 3.05) is 0 Å². The Morgan fingerprint density at radius 1 is 1.37 bits per heavy atom. The number of fused-ring (bicyclic) bond motifs is 1. The lowest BCUT2D eigenvalue weighted by molar-refractivity contribution is 0.482. The molecule has 0 unspecified atom stereocenters. The van der Waals surface area contributed by atoms with E-state index in [1.807, 2.05) is 0 Å². The number of aryl methyl sites for hydroxylation is 1. The number of rotatable bonds is 3. The van der Waals surface area contributed by atoms with E-state index in [1.54, 1.807) is 24.3 Å². The monoisotopic (exact) mass is 267 g/mol. The second kappa shape index (κ2) is 4.57. The van der Waals surface area contributed by atoms with Gasteiger partial charge >= 0.3 is 6.98 Å². The average Bonchev–Trinajstić information content (AvgIpc) is 2.33. The van der Waals surface area contributed by atoms with Gasteiger partial charge in [-0.2, -0.15) is 0 Å². The minimum absolute atomic E-state index is 0.168. The summed E-state index contributed by atoms with van der Waals surface area (Å²) < 4.78 is 38.9. The molecule has 1 aromatic carbocycles. The van der Waals surface area contributed by atoms with E-state index in [9.17, 15) is 17.7 Å². The molecule has 0 spiro atoms. The zero-order valence-electron chi connectivity index (χ0n) is 10.2. The molecule has 0 amide bonds. The summed E-state index contributed by atoms with van der Waals surface area (Å²) in [5, 5.41) is 0. The van der Waals surface area contributed by atoms with Crippen LogP contribution in [0.25, 0.3) is 11.0 Å². The standard InChI is InChI=1S/C12H11BF3N2O/c1-8(13(14,15)16)7-18-11-6-4-3-5-10(11)17-9(2)12(18)19/h3-6H,1,7H2,2H3/q-1. The lowest BCUT2D eigenvalue weighted by Gasteiger charge is -2.20. The summed E-state index contributed by atoms with van der Waals surface area (Å²) in [5.74, 6) is 0. The van der Waals surface area contributed by atoms with Gasteiger partial charge in [0.05, 0.1) is 11.0 Å². The minimum atomic E-state index is -5.16. The van der Waals surface area contributed by atoms with Gasteiger partial charge in [0, 0.05) is 6.54 Å². The van der Waals surface area contributed by atoms with Crippen LogP contribution < -0.4 is 5.56 Å². The number of nitrogens with zero attached hydrogens (tertiary/aromatic N) is 2. The maximum atomic E-state index is 12.6. The van der Waals surface area contributed by atoms with Gasteiger partial charge in [-0.25, -0.2) is 4.98 Å². The fraction of sp³-hybridized carbons (Fsp3) is 0.167. The zero-order valence-corrected chi connectivity index (χ0v) is 10.2. The summed E-state index contributed by atoms with van der Waals surface area (Å²) >= 11 is 0. The Bertz CT molecular complexity index is 706. The maximum absolute atomic E-state index is 12.6. The van der Waals surface area contributed by atoms with Crippen LogP contribution in [0.15, 0.2) is 41.1 Å². The molecule has 2 aromatic rings. The molecule has 0 saturated heterocycles. The summed E-state index contributed by atoms with van der Waals surface area (Å²) in [5.41, 5.74) is -0.402. The fourth-order valence-corrected chi connectivity index (χ4v) is 1.78. The van der Waals surface area contributed by atoms with Crippen molar-refractivity contribution in [2.24, 2.45) is 0 Å². The predicted molar refractivity (Wildman–Crippen MR) is 69.0 cm³/mol. The summed E-state index contributed by atoms with van der Waals surface area (Å²) in [6.45, 7) is -1.22. The van der Waals surface area contributed by atoms with Crippen molar-refractivity contribution in [1.82, 2.24) is 9.55 Å². The second-order valence-corrected chi connectivity index (χ2v) is 4.31. The molecule has 0 aliphatic rings. The van der Waals surface area contributed by atoms with Gasteiger partial charge < -0.3 is 17.5 Å². The largest absolute Gasteiger partial charge is 0.506 e. The normalized spacial score (nSPS) is 11.8. The number of benzene rings is 1. The van der Waals surface area contributed by atoms with Crippen molar-refractivity contribution in [3.8, 4) is 0 Å².